The molecule has 2 atom stereocenters. The number of carbonyl (C=O) groups is 2. The molecule has 2 unspecified atom stereocenters. The number of hydrogen-bond acceptors (Lipinski definition) is 5. The fraction of sp³-hybridized carbons (Fsp3) is 0.467. The third-order valence-electron chi connectivity index (χ3n) is 3.92. The summed E-state index contributed by atoms with van der Waals surface area (Å²) >= 11 is 0. The summed E-state index contributed by atoms with van der Waals surface area (Å²) in [5.74, 6) is -1.57. The first-order chi connectivity index (χ1) is 11.1. The van der Waals surface area contributed by atoms with Crippen molar-refractivity contribution in [1.29, 1.82) is 0 Å². The maximum Gasteiger partial charge on any atom is 0.326 e. The largest absolute Gasteiger partial charge is 0.480 e. The number of methoxy groups -OCH3 is 1. The summed E-state index contributed by atoms with van der Waals surface area (Å²) in [5.41, 5.74) is 1.16. The summed E-state index contributed by atoms with van der Waals surface area (Å²) in [6.45, 7) is 1.88. The van der Waals surface area contributed by atoms with Crippen LogP contribution in [0.4, 0.5) is 5.69 Å². The number of aliphatic carboxylic acids is 1. The number of aryl methyl sites for hydroxylation is 1. The molecule has 9 heteroatoms. The number of hydrogen-bond donors (Lipinski definition) is 2. The van der Waals surface area contributed by atoms with E-state index in [2.05, 4.69) is 4.72 Å². The minimum Gasteiger partial charge on any atom is -0.480 e. The lowest BCUT2D eigenvalue weighted by Crippen LogP contribution is -2.40. The van der Waals surface area contributed by atoms with Gasteiger partial charge in [0.15, 0.2) is 0 Å². The molecule has 2 rings (SSSR count). The number of carboxylic acid groups (broad SMARTS) is 1. The summed E-state index contributed by atoms with van der Waals surface area (Å²) in [5, 5.41) is 9.30. The standard InChI is InChI=1S/C15H20N2O6S/c1-9-4-5-10(6-12(9)16-24(3,21)22)14(18)17-8-11(23-2)7-13(17)15(19)20/h4-6,11,13,16H,7-8H2,1-3H3,(H,19,20). The molecule has 1 saturated heterocycles. The van der Waals surface area contributed by atoms with Gasteiger partial charge in [-0.05, 0) is 24.6 Å². The monoisotopic (exact) mass is 356 g/mol. The number of carboxylic acids is 1. The predicted molar refractivity (Wildman–Crippen MR) is 87.5 cm³/mol. The molecule has 0 saturated carbocycles. The van der Waals surface area contributed by atoms with E-state index in [0.717, 1.165) is 6.26 Å². The van der Waals surface area contributed by atoms with E-state index in [1.165, 1.54) is 18.1 Å². The van der Waals surface area contributed by atoms with Crippen LogP contribution in [-0.2, 0) is 19.6 Å². The Hall–Kier alpha value is -2.13. The summed E-state index contributed by atoms with van der Waals surface area (Å²) < 4.78 is 30.3. The van der Waals surface area contributed by atoms with E-state index in [9.17, 15) is 23.1 Å². The van der Waals surface area contributed by atoms with Crippen LogP contribution in [0.2, 0.25) is 0 Å². The van der Waals surface area contributed by atoms with Crippen molar-refractivity contribution in [2.24, 2.45) is 0 Å². The molecule has 1 aromatic rings. The van der Waals surface area contributed by atoms with Crippen molar-refractivity contribution in [2.45, 2.75) is 25.5 Å². The van der Waals surface area contributed by atoms with Gasteiger partial charge in [0, 0.05) is 25.6 Å². The van der Waals surface area contributed by atoms with Crippen molar-refractivity contribution in [1.82, 2.24) is 4.90 Å². The fourth-order valence-corrected chi connectivity index (χ4v) is 3.28. The van der Waals surface area contributed by atoms with Crippen LogP contribution < -0.4 is 4.72 Å². The smallest absolute Gasteiger partial charge is 0.326 e. The van der Waals surface area contributed by atoms with Gasteiger partial charge in [0.1, 0.15) is 6.04 Å². The minimum absolute atomic E-state index is 0.176. The zero-order chi connectivity index (χ0) is 18.1. The van der Waals surface area contributed by atoms with Crippen LogP contribution in [0, 0.1) is 6.92 Å². The number of likely N-dealkylation sites (tertiary alicyclic amines) is 1. The number of benzene rings is 1. The molecular weight excluding hydrogens is 336 g/mol. The van der Waals surface area contributed by atoms with Gasteiger partial charge in [-0.2, -0.15) is 0 Å². The molecular formula is C15H20N2O6S. The van der Waals surface area contributed by atoms with Gasteiger partial charge in [-0.25, -0.2) is 13.2 Å². The van der Waals surface area contributed by atoms with Gasteiger partial charge in [-0.1, -0.05) is 6.07 Å². The molecule has 132 valence electrons. The van der Waals surface area contributed by atoms with E-state index in [1.54, 1.807) is 19.1 Å². The van der Waals surface area contributed by atoms with Crippen molar-refractivity contribution < 1.29 is 27.9 Å². The molecule has 0 radical (unpaired) electrons. The highest BCUT2D eigenvalue weighted by Gasteiger charge is 2.40. The van der Waals surface area contributed by atoms with Crippen LogP contribution in [0.3, 0.4) is 0 Å². The number of nitrogens with one attached hydrogen (secondary N) is 1. The first kappa shape index (κ1) is 18.2. The molecule has 1 heterocycles. The number of nitrogens with zero attached hydrogens (tertiary/aromatic N) is 1. The number of ether oxygens (including phenoxy) is 1. The van der Waals surface area contributed by atoms with Gasteiger partial charge in [-0.3, -0.25) is 9.52 Å². The number of carbonyl (C=O) groups excluding carboxylic acids is 1. The third kappa shape index (κ3) is 4.04. The maximum absolute atomic E-state index is 12.7. The Morgan fingerprint density at radius 2 is 2.04 bits per heavy atom. The van der Waals surface area contributed by atoms with E-state index >= 15 is 0 Å². The van der Waals surface area contributed by atoms with Gasteiger partial charge in [-0.15, -0.1) is 0 Å². The Balaban J connectivity index is 2.32. The topological polar surface area (TPSA) is 113 Å². The van der Waals surface area contributed by atoms with E-state index in [0.29, 0.717) is 5.56 Å². The molecule has 1 aliphatic rings. The molecule has 1 fully saturated rings. The Bertz CT molecular complexity index is 761. The normalized spacial score (nSPS) is 20.9. The first-order valence-corrected chi connectivity index (χ1v) is 9.16. The Morgan fingerprint density at radius 1 is 1.38 bits per heavy atom. The zero-order valence-electron chi connectivity index (χ0n) is 13.6. The Morgan fingerprint density at radius 3 is 2.58 bits per heavy atom. The molecule has 0 aliphatic carbocycles. The van der Waals surface area contributed by atoms with E-state index in [4.69, 9.17) is 4.74 Å². The van der Waals surface area contributed by atoms with E-state index in [-0.39, 0.29) is 30.3 Å². The number of sulfonamides is 1. The third-order valence-corrected chi connectivity index (χ3v) is 4.51. The van der Waals surface area contributed by atoms with Crippen LogP contribution in [0.1, 0.15) is 22.3 Å². The van der Waals surface area contributed by atoms with Gasteiger partial charge < -0.3 is 14.7 Å². The van der Waals surface area contributed by atoms with Crippen molar-refractivity contribution in [2.75, 3.05) is 24.6 Å². The second-order valence-electron chi connectivity index (χ2n) is 5.81. The average molecular weight is 356 g/mol. The van der Waals surface area contributed by atoms with Crippen LogP contribution in [0.5, 0.6) is 0 Å². The Kier molecular flexibility index (Phi) is 5.14. The molecule has 8 nitrogen and oxygen atoms in total. The second kappa shape index (κ2) is 6.78. The second-order valence-corrected chi connectivity index (χ2v) is 7.56. The molecule has 1 aliphatic heterocycles. The summed E-state index contributed by atoms with van der Waals surface area (Å²) in [4.78, 5) is 25.3. The molecule has 24 heavy (non-hydrogen) atoms. The molecule has 0 spiro atoms. The van der Waals surface area contributed by atoms with Gasteiger partial charge >= 0.3 is 5.97 Å². The fourth-order valence-electron chi connectivity index (χ4n) is 2.66. The van der Waals surface area contributed by atoms with Crippen LogP contribution in [0.15, 0.2) is 18.2 Å². The van der Waals surface area contributed by atoms with Crippen molar-refractivity contribution in [3.05, 3.63) is 29.3 Å². The maximum atomic E-state index is 12.7. The van der Waals surface area contributed by atoms with Gasteiger partial charge in [0.2, 0.25) is 10.0 Å². The molecule has 0 bridgehead atoms. The van der Waals surface area contributed by atoms with Crippen molar-refractivity contribution >= 4 is 27.6 Å². The lowest BCUT2D eigenvalue weighted by atomic mass is 10.1. The minimum atomic E-state index is -3.49. The Labute approximate surface area is 140 Å². The lowest BCUT2D eigenvalue weighted by Gasteiger charge is -2.22. The lowest BCUT2D eigenvalue weighted by molar-refractivity contribution is -0.141. The SMILES string of the molecule is COC1CC(C(=O)O)N(C(=O)c2ccc(C)c(NS(C)(=O)=O)c2)C1. The summed E-state index contributed by atoms with van der Waals surface area (Å²) in [6, 6.07) is 3.61. The highest BCUT2D eigenvalue weighted by Crippen LogP contribution is 2.25. The van der Waals surface area contributed by atoms with Gasteiger partial charge in [0.25, 0.3) is 5.91 Å². The molecule has 2 N–H and O–H groups in total. The molecule has 1 amide bonds. The molecule has 1 aromatic carbocycles. The van der Waals surface area contributed by atoms with Crippen LogP contribution >= 0.6 is 0 Å². The number of amides is 1. The zero-order valence-corrected chi connectivity index (χ0v) is 14.5. The van der Waals surface area contributed by atoms with Crippen molar-refractivity contribution in [3.8, 4) is 0 Å². The molecule has 0 aromatic heterocycles. The summed E-state index contributed by atoms with van der Waals surface area (Å²) in [6.07, 6.45) is 0.900. The van der Waals surface area contributed by atoms with Crippen LogP contribution in [-0.4, -0.2) is 62.4 Å². The van der Waals surface area contributed by atoms with Crippen molar-refractivity contribution in [3.63, 3.8) is 0 Å². The van der Waals surface area contributed by atoms with Crippen LogP contribution in [0.25, 0.3) is 0 Å². The van der Waals surface area contributed by atoms with Gasteiger partial charge in [0.05, 0.1) is 18.0 Å². The highest BCUT2D eigenvalue weighted by molar-refractivity contribution is 7.92. The highest BCUT2D eigenvalue weighted by atomic mass is 32.2. The predicted octanol–water partition coefficient (Wildman–Crippen LogP) is 0.681. The number of anilines is 1. The number of rotatable bonds is 5. The van der Waals surface area contributed by atoms with E-state index < -0.39 is 27.9 Å². The quantitative estimate of drug-likeness (QED) is 0.802. The van der Waals surface area contributed by atoms with E-state index in [1.807, 2.05) is 0 Å². The average Bonchev–Trinajstić information content (AvgIpc) is 2.92. The first-order valence-electron chi connectivity index (χ1n) is 7.27. The summed E-state index contributed by atoms with van der Waals surface area (Å²) in [7, 11) is -2.02.